The minimum absolute atomic E-state index is 0.178. The molecule has 0 bridgehead atoms. The molecule has 0 heterocycles. The molecule has 0 N–H and O–H groups in total. The third kappa shape index (κ3) is 1.25. The van der Waals surface area contributed by atoms with Gasteiger partial charge < -0.3 is 0 Å². The fraction of sp³-hybridized carbons (Fsp3) is 0.636. The van der Waals surface area contributed by atoms with Crippen molar-refractivity contribution in [3.05, 3.63) is 12.2 Å². The van der Waals surface area contributed by atoms with Gasteiger partial charge in [0.2, 0.25) is 0 Å². The molecule has 70 valence electrons. The van der Waals surface area contributed by atoms with E-state index in [1.807, 2.05) is 13.0 Å². The number of carbonyl (C=O) groups is 2. The molecule has 0 aromatic carbocycles. The van der Waals surface area contributed by atoms with Gasteiger partial charge in [0.15, 0.2) is 5.78 Å². The molecule has 0 unspecified atom stereocenters. The predicted octanol–water partition coefficient (Wildman–Crippen LogP) is 1.89. The second-order valence-electron chi connectivity index (χ2n) is 4.30. The first-order chi connectivity index (χ1) is 6.13. The highest BCUT2D eigenvalue weighted by molar-refractivity contribution is 5.96. The number of rotatable bonds is 0. The molecule has 2 aliphatic rings. The monoisotopic (exact) mass is 178 g/mol. The highest BCUT2D eigenvalue weighted by Crippen LogP contribution is 2.43. The lowest BCUT2D eigenvalue weighted by molar-refractivity contribution is -0.132. The lowest BCUT2D eigenvalue weighted by atomic mass is 9.63. The molecule has 0 aromatic rings. The van der Waals surface area contributed by atoms with Gasteiger partial charge in [0.1, 0.15) is 5.78 Å². The van der Waals surface area contributed by atoms with Crippen LogP contribution in [0.25, 0.3) is 0 Å². The van der Waals surface area contributed by atoms with Crippen molar-refractivity contribution in [2.24, 2.45) is 11.3 Å². The first-order valence-electron chi connectivity index (χ1n) is 4.88. The number of fused-ring (bicyclic) bond motifs is 1. The molecule has 0 amide bonds. The molecule has 0 radical (unpaired) electrons. The summed E-state index contributed by atoms with van der Waals surface area (Å²) in [5.41, 5.74) is -0.327. The van der Waals surface area contributed by atoms with Crippen molar-refractivity contribution in [2.45, 2.75) is 32.6 Å². The van der Waals surface area contributed by atoms with Crippen LogP contribution in [0.5, 0.6) is 0 Å². The molecule has 2 nitrogen and oxygen atoms in total. The zero-order valence-corrected chi connectivity index (χ0v) is 7.88. The second kappa shape index (κ2) is 2.79. The molecule has 1 fully saturated rings. The largest absolute Gasteiger partial charge is 0.299 e. The Balaban J connectivity index is 2.35. The van der Waals surface area contributed by atoms with Gasteiger partial charge in [-0.3, -0.25) is 9.59 Å². The molecule has 2 atom stereocenters. The van der Waals surface area contributed by atoms with Crippen molar-refractivity contribution in [1.29, 1.82) is 0 Å². The Morgan fingerprint density at radius 2 is 2.23 bits per heavy atom. The van der Waals surface area contributed by atoms with Crippen LogP contribution in [0.1, 0.15) is 32.6 Å². The van der Waals surface area contributed by atoms with Crippen LogP contribution in [0, 0.1) is 11.3 Å². The van der Waals surface area contributed by atoms with Crippen LogP contribution in [-0.2, 0) is 9.59 Å². The Hall–Kier alpha value is -0.920. The van der Waals surface area contributed by atoms with E-state index in [1.54, 1.807) is 6.08 Å². The van der Waals surface area contributed by atoms with Gasteiger partial charge in [-0.05, 0) is 31.8 Å². The smallest absolute Gasteiger partial charge is 0.155 e. The number of carbonyl (C=O) groups excluding carboxylic acids is 2. The van der Waals surface area contributed by atoms with Gasteiger partial charge in [-0.1, -0.05) is 6.08 Å². The Bertz CT molecular complexity index is 290. The molecular weight excluding hydrogens is 164 g/mol. The van der Waals surface area contributed by atoms with E-state index in [2.05, 4.69) is 0 Å². The molecular formula is C11H14O2. The summed E-state index contributed by atoms with van der Waals surface area (Å²) in [6.07, 6.45) is 6.65. The Morgan fingerprint density at radius 3 is 3.00 bits per heavy atom. The van der Waals surface area contributed by atoms with Crippen molar-refractivity contribution >= 4 is 11.6 Å². The number of allylic oxidation sites excluding steroid dienone is 2. The first kappa shape index (κ1) is 8.67. The summed E-state index contributed by atoms with van der Waals surface area (Å²) in [5.74, 6) is 0.760. The van der Waals surface area contributed by atoms with Crippen LogP contribution < -0.4 is 0 Å². The van der Waals surface area contributed by atoms with Crippen LogP contribution in [0.3, 0.4) is 0 Å². The van der Waals surface area contributed by atoms with Crippen molar-refractivity contribution < 1.29 is 9.59 Å². The Kier molecular flexibility index (Phi) is 1.86. The van der Waals surface area contributed by atoms with Crippen molar-refractivity contribution in [3.63, 3.8) is 0 Å². The summed E-state index contributed by atoms with van der Waals surface area (Å²) in [5, 5.41) is 0. The molecule has 2 heteroatoms. The van der Waals surface area contributed by atoms with E-state index < -0.39 is 0 Å². The maximum atomic E-state index is 11.7. The quantitative estimate of drug-likeness (QED) is 0.567. The maximum absolute atomic E-state index is 11.7. The summed E-state index contributed by atoms with van der Waals surface area (Å²) in [6, 6.07) is 0. The fourth-order valence-electron chi connectivity index (χ4n) is 2.43. The Morgan fingerprint density at radius 1 is 1.46 bits per heavy atom. The molecule has 2 rings (SSSR count). The highest BCUT2D eigenvalue weighted by Gasteiger charge is 2.43. The zero-order chi connectivity index (χ0) is 9.47. The van der Waals surface area contributed by atoms with Crippen molar-refractivity contribution in [3.8, 4) is 0 Å². The molecule has 0 aromatic heterocycles. The summed E-state index contributed by atoms with van der Waals surface area (Å²) in [7, 11) is 0. The Labute approximate surface area is 78.0 Å². The van der Waals surface area contributed by atoms with Gasteiger partial charge in [0, 0.05) is 18.3 Å². The third-order valence-corrected chi connectivity index (χ3v) is 3.47. The van der Waals surface area contributed by atoms with E-state index in [1.165, 1.54) is 0 Å². The van der Waals surface area contributed by atoms with Crippen LogP contribution in [0.15, 0.2) is 12.2 Å². The van der Waals surface area contributed by atoms with Gasteiger partial charge in [0.25, 0.3) is 0 Å². The third-order valence-electron chi connectivity index (χ3n) is 3.47. The van der Waals surface area contributed by atoms with Crippen molar-refractivity contribution in [1.82, 2.24) is 0 Å². The van der Waals surface area contributed by atoms with Gasteiger partial charge in [-0.15, -0.1) is 0 Å². The van der Waals surface area contributed by atoms with E-state index in [4.69, 9.17) is 0 Å². The van der Waals surface area contributed by atoms with Crippen LogP contribution in [0.2, 0.25) is 0 Å². The minimum Gasteiger partial charge on any atom is -0.299 e. The van der Waals surface area contributed by atoms with Crippen LogP contribution in [0.4, 0.5) is 0 Å². The molecule has 0 saturated heterocycles. The van der Waals surface area contributed by atoms with E-state index >= 15 is 0 Å². The molecule has 13 heavy (non-hydrogen) atoms. The number of hydrogen-bond donors (Lipinski definition) is 0. The van der Waals surface area contributed by atoms with Crippen LogP contribution in [-0.4, -0.2) is 11.6 Å². The number of hydrogen-bond acceptors (Lipinski definition) is 2. The van der Waals surface area contributed by atoms with E-state index in [0.717, 1.165) is 12.8 Å². The van der Waals surface area contributed by atoms with E-state index in [9.17, 15) is 9.59 Å². The van der Waals surface area contributed by atoms with Gasteiger partial charge in [0.05, 0.1) is 0 Å². The lowest BCUT2D eigenvalue weighted by Gasteiger charge is -2.39. The normalized spacial score (nSPS) is 39.0. The average molecular weight is 178 g/mol. The highest BCUT2D eigenvalue weighted by atomic mass is 16.1. The summed E-state index contributed by atoms with van der Waals surface area (Å²) in [6.45, 7) is 1.97. The second-order valence-corrected chi connectivity index (χ2v) is 4.30. The lowest BCUT2D eigenvalue weighted by Crippen LogP contribution is -2.40. The SMILES string of the molecule is C[C@]12C=CC(=O)C[C@H]1CCCC2=O. The van der Waals surface area contributed by atoms with E-state index in [-0.39, 0.29) is 17.1 Å². The zero-order valence-electron chi connectivity index (χ0n) is 7.88. The number of ketones is 2. The number of Topliss-reactive ketones (excluding diaryl/α,β-unsaturated/α-hetero) is 1. The molecule has 1 saturated carbocycles. The summed E-state index contributed by atoms with van der Waals surface area (Å²) >= 11 is 0. The summed E-state index contributed by atoms with van der Waals surface area (Å²) < 4.78 is 0. The molecule has 0 aliphatic heterocycles. The minimum atomic E-state index is -0.327. The van der Waals surface area contributed by atoms with Gasteiger partial charge >= 0.3 is 0 Å². The summed E-state index contributed by atoms with van der Waals surface area (Å²) in [4.78, 5) is 22.9. The predicted molar refractivity (Wildman–Crippen MR) is 49.2 cm³/mol. The fourth-order valence-corrected chi connectivity index (χ4v) is 2.43. The van der Waals surface area contributed by atoms with E-state index in [0.29, 0.717) is 18.6 Å². The molecule has 2 aliphatic carbocycles. The topological polar surface area (TPSA) is 34.1 Å². The average Bonchev–Trinajstić information content (AvgIpc) is 2.09. The van der Waals surface area contributed by atoms with Gasteiger partial charge in [-0.2, -0.15) is 0 Å². The standard InChI is InChI=1S/C11H14O2/c1-11-6-5-9(12)7-8(11)3-2-4-10(11)13/h5-6,8H,2-4,7H2,1H3/t8-,11+/m1/s1. The van der Waals surface area contributed by atoms with Gasteiger partial charge in [-0.25, -0.2) is 0 Å². The first-order valence-corrected chi connectivity index (χ1v) is 4.88. The maximum Gasteiger partial charge on any atom is 0.155 e. The van der Waals surface area contributed by atoms with Crippen LogP contribution >= 0.6 is 0 Å². The van der Waals surface area contributed by atoms with Crippen molar-refractivity contribution in [2.75, 3.05) is 0 Å². The molecule has 0 spiro atoms.